The van der Waals surface area contributed by atoms with Gasteiger partial charge >= 0.3 is 5.97 Å². The summed E-state index contributed by atoms with van der Waals surface area (Å²) >= 11 is 0. The van der Waals surface area contributed by atoms with E-state index < -0.39 is 53.9 Å². The van der Waals surface area contributed by atoms with Crippen LogP contribution in [0.2, 0.25) is 0 Å². The minimum absolute atomic E-state index is 0.00902. The highest BCUT2D eigenvalue weighted by atomic mass is 16.4. The van der Waals surface area contributed by atoms with E-state index >= 15 is 0 Å². The molecule has 0 aromatic carbocycles. The molecule has 2 aliphatic rings. The van der Waals surface area contributed by atoms with Crippen LogP contribution in [0.3, 0.4) is 0 Å². The lowest BCUT2D eigenvalue weighted by Crippen LogP contribution is -2.63. The molecular formula is C30H50O8. The summed E-state index contributed by atoms with van der Waals surface area (Å²) in [6.07, 6.45) is -0.121. The number of aliphatic carboxylic acids is 1. The van der Waals surface area contributed by atoms with E-state index in [9.17, 15) is 40.5 Å². The molecule has 0 amide bonds. The predicted molar refractivity (Wildman–Crippen MR) is 146 cm³/mol. The summed E-state index contributed by atoms with van der Waals surface area (Å²) in [6, 6.07) is 0. The molecule has 8 nitrogen and oxygen atoms in total. The van der Waals surface area contributed by atoms with Crippen LogP contribution in [0.15, 0.2) is 34.9 Å². The molecule has 8 heteroatoms. The Balaban J connectivity index is 2.41. The van der Waals surface area contributed by atoms with Gasteiger partial charge in [-0.05, 0) is 57.3 Å². The van der Waals surface area contributed by atoms with Crippen molar-refractivity contribution < 1.29 is 40.5 Å². The van der Waals surface area contributed by atoms with Gasteiger partial charge in [0.05, 0.1) is 30.5 Å². The molecule has 7 N–H and O–H groups in total. The quantitative estimate of drug-likeness (QED) is 0.165. The van der Waals surface area contributed by atoms with E-state index in [0.29, 0.717) is 0 Å². The van der Waals surface area contributed by atoms with E-state index in [0.717, 1.165) is 11.1 Å². The van der Waals surface area contributed by atoms with Gasteiger partial charge in [0, 0.05) is 22.8 Å². The third-order valence-corrected chi connectivity index (χ3v) is 9.29. The number of aliphatic hydroxyl groups is 6. The SMILES string of the molecule is CC1=C[C@@]2(C)[C@@H]([C@H](C)[C@@H](O)[C@@H](O)[C@@H]2O)[C@H](/C=C(\C)C(=O)O)[C@@H]1/C(C)=C/C[C@@H](O)C[C@H](O)[C@@H](C)[C@H](O)C(C)C. The van der Waals surface area contributed by atoms with E-state index in [1.165, 1.54) is 6.92 Å². The van der Waals surface area contributed by atoms with Gasteiger partial charge in [-0.2, -0.15) is 0 Å². The Morgan fingerprint density at radius 2 is 1.66 bits per heavy atom. The van der Waals surface area contributed by atoms with Crippen molar-refractivity contribution in [3.8, 4) is 0 Å². The van der Waals surface area contributed by atoms with Gasteiger partial charge in [0.15, 0.2) is 0 Å². The molecule has 0 heterocycles. The molecule has 0 aliphatic heterocycles. The first-order chi connectivity index (χ1) is 17.4. The molecule has 12 atom stereocenters. The highest BCUT2D eigenvalue weighted by Crippen LogP contribution is 2.57. The average Bonchev–Trinajstić information content (AvgIpc) is 2.83. The number of carboxylic acids is 1. The topological polar surface area (TPSA) is 159 Å². The lowest BCUT2D eigenvalue weighted by atomic mass is 9.49. The molecule has 0 spiro atoms. The monoisotopic (exact) mass is 538 g/mol. The second-order valence-electron chi connectivity index (χ2n) is 12.5. The summed E-state index contributed by atoms with van der Waals surface area (Å²) in [5, 5.41) is 73.4. The van der Waals surface area contributed by atoms with E-state index in [1.54, 1.807) is 13.0 Å². The van der Waals surface area contributed by atoms with Crippen molar-refractivity contribution >= 4 is 5.97 Å². The lowest BCUT2D eigenvalue weighted by Gasteiger charge is -2.57. The van der Waals surface area contributed by atoms with Crippen LogP contribution in [0.25, 0.3) is 0 Å². The second-order valence-corrected chi connectivity index (χ2v) is 12.5. The zero-order valence-corrected chi connectivity index (χ0v) is 24.1. The third kappa shape index (κ3) is 6.60. The van der Waals surface area contributed by atoms with Gasteiger partial charge in [-0.1, -0.05) is 64.0 Å². The minimum Gasteiger partial charge on any atom is -0.478 e. The summed E-state index contributed by atoms with van der Waals surface area (Å²) in [6.45, 7) is 14.6. The molecule has 1 saturated carbocycles. The third-order valence-electron chi connectivity index (χ3n) is 9.29. The Hall–Kier alpha value is -1.55. The van der Waals surface area contributed by atoms with Crippen LogP contribution < -0.4 is 0 Å². The smallest absolute Gasteiger partial charge is 0.330 e. The summed E-state index contributed by atoms with van der Waals surface area (Å²) in [5.41, 5.74) is 1.10. The van der Waals surface area contributed by atoms with Crippen molar-refractivity contribution in [2.45, 2.75) is 105 Å². The van der Waals surface area contributed by atoms with Crippen LogP contribution in [-0.4, -0.2) is 78.3 Å². The van der Waals surface area contributed by atoms with Crippen LogP contribution in [0.4, 0.5) is 0 Å². The fourth-order valence-electron chi connectivity index (χ4n) is 6.98. The summed E-state index contributed by atoms with van der Waals surface area (Å²) in [4.78, 5) is 11.8. The highest BCUT2D eigenvalue weighted by Gasteiger charge is 2.58. The summed E-state index contributed by atoms with van der Waals surface area (Å²) in [5.74, 6) is -2.84. The first-order valence-electron chi connectivity index (χ1n) is 13.8. The summed E-state index contributed by atoms with van der Waals surface area (Å²) < 4.78 is 0. The number of carboxylic acid groups (broad SMARTS) is 1. The minimum atomic E-state index is -1.31. The number of hydrogen-bond acceptors (Lipinski definition) is 7. The van der Waals surface area contributed by atoms with Crippen LogP contribution in [-0.2, 0) is 4.79 Å². The van der Waals surface area contributed by atoms with Crippen LogP contribution in [0, 0.1) is 40.9 Å². The van der Waals surface area contributed by atoms with Gasteiger partial charge in [-0.25, -0.2) is 4.79 Å². The predicted octanol–water partition coefficient (Wildman–Crippen LogP) is 2.67. The maximum absolute atomic E-state index is 11.8. The zero-order valence-electron chi connectivity index (χ0n) is 24.1. The molecule has 218 valence electrons. The highest BCUT2D eigenvalue weighted by molar-refractivity contribution is 5.85. The van der Waals surface area contributed by atoms with Gasteiger partial charge in [0.25, 0.3) is 0 Å². The van der Waals surface area contributed by atoms with Gasteiger partial charge in [-0.15, -0.1) is 0 Å². The van der Waals surface area contributed by atoms with E-state index in [2.05, 4.69) is 0 Å². The molecule has 0 aromatic heterocycles. The van der Waals surface area contributed by atoms with Gasteiger partial charge < -0.3 is 35.7 Å². The number of hydrogen-bond donors (Lipinski definition) is 7. The molecular weight excluding hydrogens is 488 g/mol. The maximum atomic E-state index is 11.8. The van der Waals surface area contributed by atoms with Crippen LogP contribution in [0.5, 0.6) is 0 Å². The fraction of sp³-hybridized carbons (Fsp3) is 0.767. The van der Waals surface area contributed by atoms with Crippen molar-refractivity contribution in [3.05, 3.63) is 34.9 Å². The first kappa shape index (κ1) is 32.7. The molecule has 1 fully saturated rings. The lowest BCUT2D eigenvalue weighted by molar-refractivity contribution is -0.187. The Bertz CT molecular complexity index is 923. The van der Waals surface area contributed by atoms with Crippen molar-refractivity contribution in [2.24, 2.45) is 40.9 Å². The largest absolute Gasteiger partial charge is 0.478 e. The fourth-order valence-corrected chi connectivity index (χ4v) is 6.98. The van der Waals surface area contributed by atoms with Crippen molar-refractivity contribution in [1.29, 1.82) is 0 Å². The summed E-state index contributed by atoms with van der Waals surface area (Å²) in [7, 11) is 0. The van der Waals surface area contributed by atoms with E-state index in [-0.39, 0.29) is 48.0 Å². The van der Waals surface area contributed by atoms with Gasteiger partial charge in [0.2, 0.25) is 0 Å². The molecule has 0 bridgehead atoms. The Labute approximate surface area is 227 Å². The Kier molecular flexibility index (Phi) is 11.0. The number of aliphatic hydroxyl groups excluding tert-OH is 6. The van der Waals surface area contributed by atoms with E-state index in [1.807, 2.05) is 53.7 Å². The molecule has 0 aromatic rings. The molecule has 2 aliphatic carbocycles. The van der Waals surface area contributed by atoms with Crippen molar-refractivity contribution in [1.82, 2.24) is 0 Å². The standard InChI is InChI=1S/C30H50O8/c1-14(2)25(33)18(6)22(32)12-20(31)10-9-15(3)23-17(5)13-30(8)24(21(23)11-16(4)29(37)38)19(7)26(34)27(35)28(30)36/h9,11,13-14,18-28,31-36H,10,12H2,1-8H3,(H,37,38)/b15-9+,16-11+/t18-,19+,20-,21-,22+,23-,24+,25-,26-,27-,28+,30+/m1/s1. The molecule has 0 unspecified atom stereocenters. The maximum Gasteiger partial charge on any atom is 0.330 e. The zero-order chi connectivity index (χ0) is 29.3. The van der Waals surface area contributed by atoms with Crippen molar-refractivity contribution in [2.75, 3.05) is 0 Å². The first-order valence-corrected chi connectivity index (χ1v) is 13.8. The number of carbonyl (C=O) groups is 1. The molecule has 0 saturated heterocycles. The van der Waals surface area contributed by atoms with Gasteiger partial charge in [-0.3, -0.25) is 0 Å². The van der Waals surface area contributed by atoms with Gasteiger partial charge in [0.1, 0.15) is 6.10 Å². The Morgan fingerprint density at radius 3 is 2.18 bits per heavy atom. The molecule has 0 radical (unpaired) electrons. The second kappa shape index (κ2) is 12.7. The van der Waals surface area contributed by atoms with Crippen LogP contribution >= 0.6 is 0 Å². The normalized spacial score (nSPS) is 37.8. The van der Waals surface area contributed by atoms with Crippen LogP contribution in [0.1, 0.15) is 68.2 Å². The number of rotatable bonds is 10. The molecule has 38 heavy (non-hydrogen) atoms. The average molecular weight is 539 g/mol. The number of fused-ring (bicyclic) bond motifs is 1. The van der Waals surface area contributed by atoms with E-state index in [4.69, 9.17) is 0 Å². The molecule has 2 rings (SSSR count). The number of allylic oxidation sites excluding steroid dienone is 3. The van der Waals surface area contributed by atoms with Crippen molar-refractivity contribution in [3.63, 3.8) is 0 Å². The Morgan fingerprint density at radius 1 is 1.08 bits per heavy atom.